The molecule has 0 aliphatic heterocycles. The van der Waals surface area contributed by atoms with Gasteiger partial charge in [-0.2, -0.15) is 0 Å². The van der Waals surface area contributed by atoms with Crippen LogP contribution < -0.4 is 0 Å². The van der Waals surface area contributed by atoms with E-state index in [1.165, 1.54) is 19.3 Å². The summed E-state index contributed by atoms with van der Waals surface area (Å²) in [6.07, 6.45) is 49.2. The minimum atomic E-state index is -4.39. The second-order valence-electron chi connectivity index (χ2n) is 15.3. The highest BCUT2D eigenvalue weighted by Gasteiger charge is 2.27. The number of unbranched alkanes of at least 4 members (excludes halogenated alkanes) is 10. The largest absolute Gasteiger partial charge is 0.472 e. The van der Waals surface area contributed by atoms with Crippen LogP contribution in [0.1, 0.15) is 149 Å². The molecule has 0 bridgehead atoms. The summed E-state index contributed by atoms with van der Waals surface area (Å²) in [6.45, 7) is 4.19. The third kappa shape index (κ3) is 42.6. The van der Waals surface area contributed by atoms with E-state index >= 15 is 0 Å². The molecule has 57 heavy (non-hydrogen) atoms. The first kappa shape index (κ1) is 54.2. The summed E-state index contributed by atoms with van der Waals surface area (Å²) < 4.78 is 34.2. The fraction of sp³-hybridized carbons (Fsp3) is 0.660. The van der Waals surface area contributed by atoms with E-state index in [1.54, 1.807) is 0 Å². The Bertz CT molecular complexity index is 1240. The van der Waals surface area contributed by atoms with Crippen molar-refractivity contribution < 1.29 is 42.1 Å². The maximum atomic E-state index is 12.7. The maximum Gasteiger partial charge on any atom is 0.472 e. The number of phosphoric acid groups is 1. The number of ether oxygens (including phenoxy) is 2. The molecule has 0 radical (unpaired) electrons. The van der Waals surface area contributed by atoms with Crippen LogP contribution in [0.15, 0.2) is 85.1 Å². The lowest BCUT2D eigenvalue weighted by atomic mass is 10.1. The zero-order chi connectivity index (χ0) is 42.1. The average Bonchev–Trinajstić information content (AvgIpc) is 3.16. The van der Waals surface area contributed by atoms with Crippen LogP contribution in [-0.2, 0) is 32.7 Å². The molecule has 2 unspecified atom stereocenters. The van der Waals surface area contributed by atoms with E-state index in [1.807, 2.05) is 21.1 Å². The Morgan fingerprint density at radius 3 is 1.54 bits per heavy atom. The number of phosphoric ester groups is 1. The molecule has 1 N–H and O–H groups in total. The summed E-state index contributed by atoms with van der Waals surface area (Å²) in [4.78, 5) is 35.3. The minimum absolute atomic E-state index is 0.0171. The molecule has 0 heterocycles. The Morgan fingerprint density at radius 1 is 0.561 bits per heavy atom. The number of nitrogens with zero attached hydrogens (tertiary/aromatic N) is 1. The van der Waals surface area contributed by atoms with Gasteiger partial charge in [0, 0.05) is 12.8 Å². The molecular formula is C47H81NO8P+. The number of carbonyl (C=O) groups is 2. The molecule has 0 aromatic carbocycles. The number of esters is 2. The van der Waals surface area contributed by atoms with Crippen molar-refractivity contribution in [2.24, 2.45) is 0 Å². The quantitative estimate of drug-likeness (QED) is 0.0216. The maximum absolute atomic E-state index is 12.7. The van der Waals surface area contributed by atoms with Crippen LogP contribution in [-0.4, -0.2) is 74.9 Å². The topological polar surface area (TPSA) is 108 Å². The van der Waals surface area contributed by atoms with Crippen molar-refractivity contribution in [3.8, 4) is 0 Å². The Labute approximate surface area is 348 Å². The monoisotopic (exact) mass is 819 g/mol. The molecule has 326 valence electrons. The van der Waals surface area contributed by atoms with Gasteiger partial charge in [-0.25, -0.2) is 4.57 Å². The van der Waals surface area contributed by atoms with Crippen molar-refractivity contribution in [2.75, 3.05) is 47.5 Å². The fourth-order valence-electron chi connectivity index (χ4n) is 5.24. The second-order valence-corrected chi connectivity index (χ2v) is 16.8. The van der Waals surface area contributed by atoms with Crippen LogP contribution in [0.4, 0.5) is 0 Å². The van der Waals surface area contributed by atoms with Crippen molar-refractivity contribution in [1.29, 1.82) is 0 Å². The molecule has 0 aromatic heterocycles. The van der Waals surface area contributed by atoms with Crippen LogP contribution in [0.25, 0.3) is 0 Å². The Kier molecular flexibility index (Phi) is 36.8. The Hall–Kier alpha value is -2.81. The van der Waals surface area contributed by atoms with Gasteiger partial charge in [0.25, 0.3) is 0 Å². The lowest BCUT2D eigenvalue weighted by molar-refractivity contribution is -0.870. The Morgan fingerprint density at radius 2 is 1.00 bits per heavy atom. The number of hydrogen-bond acceptors (Lipinski definition) is 7. The molecule has 0 spiro atoms. The highest BCUT2D eigenvalue weighted by Crippen LogP contribution is 2.43. The SMILES string of the molecule is CC/C=C\C/C=C\C/C=C\C/C=C\C/C=C\C/C=C\CCCCC(=O)OC(COC(=O)CCCCCCC/C=C\CCCCC)COP(=O)(O)OCC[N+](C)(C)C. The minimum Gasteiger partial charge on any atom is -0.462 e. The number of rotatable bonds is 38. The zero-order valence-corrected chi connectivity index (χ0v) is 37.4. The second kappa shape index (κ2) is 38.7. The van der Waals surface area contributed by atoms with E-state index in [-0.39, 0.29) is 26.1 Å². The van der Waals surface area contributed by atoms with Gasteiger partial charge in [-0.05, 0) is 89.9 Å². The number of allylic oxidation sites excluding steroid dienone is 14. The number of carbonyl (C=O) groups excluding carboxylic acids is 2. The van der Waals surface area contributed by atoms with Gasteiger partial charge >= 0.3 is 19.8 Å². The van der Waals surface area contributed by atoms with Crippen LogP contribution in [0, 0.1) is 0 Å². The normalized spacial score (nSPS) is 14.4. The molecule has 9 nitrogen and oxygen atoms in total. The third-order valence-corrected chi connectivity index (χ3v) is 9.64. The number of likely N-dealkylation sites (N-methyl/N-ethyl adjacent to an activating group) is 1. The average molecular weight is 819 g/mol. The Balaban J connectivity index is 4.47. The molecule has 0 rings (SSSR count). The summed E-state index contributed by atoms with van der Waals surface area (Å²) in [6, 6.07) is 0. The molecule has 0 aromatic rings. The van der Waals surface area contributed by atoms with Gasteiger partial charge in [-0.3, -0.25) is 18.6 Å². The summed E-state index contributed by atoms with van der Waals surface area (Å²) >= 11 is 0. The molecule has 0 aliphatic rings. The van der Waals surface area contributed by atoms with Gasteiger partial charge in [0.05, 0.1) is 27.7 Å². The molecule has 0 aliphatic carbocycles. The van der Waals surface area contributed by atoms with Gasteiger partial charge in [0.1, 0.15) is 19.8 Å². The first-order valence-corrected chi connectivity index (χ1v) is 23.3. The molecule has 0 saturated heterocycles. The van der Waals surface area contributed by atoms with E-state index < -0.39 is 32.5 Å². The first-order chi connectivity index (χ1) is 27.5. The van der Waals surface area contributed by atoms with Crippen molar-refractivity contribution in [3.05, 3.63) is 85.1 Å². The summed E-state index contributed by atoms with van der Waals surface area (Å²) in [5, 5.41) is 0. The molecule has 10 heteroatoms. The lowest BCUT2D eigenvalue weighted by Crippen LogP contribution is -2.37. The highest BCUT2D eigenvalue weighted by molar-refractivity contribution is 7.47. The standard InChI is InChI=1S/C47H80NO8P/c1-6-8-10-12-14-16-18-20-21-22-23-24-25-26-27-28-30-32-34-36-38-40-47(50)56-45(44-55-57(51,52)54-42-41-48(3,4)5)43-53-46(49)39-37-35-33-31-29-19-17-15-13-11-9-7-2/h8,10,14-17,20-21,23-24,26-27,30,32,45H,6-7,9,11-13,18-19,22,25,28-29,31,33-44H2,1-5H3/p+1/b10-8-,16-14-,17-15-,21-20-,24-23-,27-26-,32-30-. The van der Waals surface area contributed by atoms with Crippen LogP contribution in [0.2, 0.25) is 0 Å². The van der Waals surface area contributed by atoms with E-state index in [9.17, 15) is 19.0 Å². The van der Waals surface area contributed by atoms with Gasteiger partial charge in [-0.1, -0.05) is 131 Å². The lowest BCUT2D eigenvalue weighted by Gasteiger charge is -2.24. The number of hydrogen-bond donors (Lipinski definition) is 1. The predicted octanol–water partition coefficient (Wildman–Crippen LogP) is 12.4. The van der Waals surface area contributed by atoms with Crippen molar-refractivity contribution in [1.82, 2.24) is 0 Å². The first-order valence-electron chi connectivity index (χ1n) is 21.8. The van der Waals surface area contributed by atoms with E-state index in [2.05, 4.69) is 98.9 Å². The van der Waals surface area contributed by atoms with E-state index in [0.29, 0.717) is 17.4 Å². The van der Waals surface area contributed by atoms with Gasteiger partial charge < -0.3 is 18.9 Å². The molecule has 0 saturated carbocycles. The van der Waals surface area contributed by atoms with Crippen LogP contribution in [0.5, 0.6) is 0 Å². The zero-order valence-electron chi connectivity index (χ0n) is 36.5. The van der Waals surface area contributed by atoms with E-state index in [4.69, 9.17) is 18.5 Å². The van der Waals surface area contributed by atoms with Gasteiger partial charge in [-0.15, -0.1) is 0 Å². The fourth-order valence-corrected chi connectivity index (χ4v) is 5.99. The highest BCUT2D eigenvalue weighted by atomic mass is 31.2. The van der Waals surface area contributed by atoms with Crippen molar-refractivity contribution in [3.63, 3.8) is 0 Å². The van der Waals surface area contributed by atoms with Crippen LogP contribution >= 0.6 is 7.82 Å². The van der Waals surface area contributed by atoms with Crippen molar-refractivity contribution >= 4 is 19.8 Å². The third-order valence-electron chi connectivity index (χ3n) is 8.66. The van der Waals surface area contributed by atoms with Gasteiger partial charge in [0.2, 0.25) is 0 Å². The number of quaternary nitrogens is 1. The summed E-state index contributed by atoms with van der Waals surface area (Å²) in [5.41, 5.74) is 0. The molecule has 0 amide bonds. The van der Waals surface area contributed by atoms with Crippen molar-refractivity contribution in [2.45, 2.75) is 155 Å². The predicted molar refractivity (Wildman–Crippen MR) is 238 cm³/mol. The van der Waals surface area contributed by atoms with E-state index in [0.717, 1.165) is 96.3 Å². The molecule has 0 fully saturated rings. The molecule has 2 atom stereocenters. The van der Waals surface area contributed by atoms with Gasteiger partial charge in [0.15, 0.2) is 6.10 Å². The van der Waals surface area contributed by atoms with Crippen LogP contribution in [0.3, 0.4) is 0 Å². The summed E-state index contributed by atoms with van der Waals surface area (Å²) in [7, 11) is 1.43. The summed E-state index contributed by atoms with van der Waals surface area (Å²) in [5.74, 6) is -0.870. The molecular weight excluding hydrogens is 737 g/mol. The smallest absolute Gasteiger partial charge is 0.462 e.